The summed E-state index contributed by atoms with van der Waals surface area (Å²) in [4.78, 5) is 31.5. The molecular formula is C33H30Cl4N6O6. The molecule has 256 valence electrons. The third-order valence-electron chi connectivity index (χ3n) is 7.22. The molecule has 0 saturated carbocycles. The Morgan fingerprint density at radius 3 is 2.29 bits per heavy atom. The van der Waals surface area contributed by atoms with Crippen LogP contribution in [0.2, 0.25) is 20.1 Å². The number of methoxy groups -OCH3 is 2. The second kappa shape index (κ2) is 15.3. The summed E-state index contributed by atoms with van der Waals surface area (Å²) in [6.07, 6.45) is -0.887. The average molecular weight is 748 g/mol. The summed E-state index contributed by atoms with van der Waals surface area (Å²) >= 11 is 25.6. The number of benzene rings is 4. The zero-order valence-corrected chi connectivity index (χ0v) is 29.4. The van der Waals surface area contributed by atoms with Gasteiger partial charge >= 0.3 is 0 Å². The summed E-state index contributed by atoms with van der Waals surface area (Å²) in [7, 11) is 3.03. The number of aryl methyl sites for hydroxylation is 1. The van der Waals surface area contributed by atoms with Crippen LogP contribution in [0.4, 0.5) is 22.7 Å². The van der Waals surface area contributed by atoms with Crippen LogP contribution in [-0.2, 0) is 9.59 Å². The Kier molecular flexibility index (Phi) is 11.2. The molecule has 0 radical (unpaired) electrons. The SMILES string of the molecule is COc1ccc(NNC2C(=O)N(c3c(Cl)cc(Cl)cc3Cl)NC2=Nc2cc(NC(=O)C(C)Oc3ccc(O)c(C)c3)ccc2Cl)cc1OC. The van der Waals surface area contributed by atoms with Gasteiger partial charge in [0.1, 0.15) is 17.2 Å². The van der Waals surface area contributed by atoms with Gasteiger partial charge in [-0.2, -0.15) is 0 Å². The molecular weight excluding hydrogens is 718 g/mol. The molecule has 12 nitrogen and oxygen atoms in total. The number of hydrazine groups is 2. The second-order valence-corrected chi connectivity index (χ2v) is 12.3. The molecule has 1 aliphatic rings. The molecule has 2 unspecified atom stereocenters. The van der Waals surface area contributed by atoms with Gasteiger partial charge in [-0.1, -0.05) is 46.4 Å². The molecule has 0 aromatic heterocycles. The molecule has 4 aromatic rings. The van der Waals surface area contributed by atoms with E-state index in [1.807, 2.05) is 0 Å². The van der Waals surface area contributed by atoms with Crippen molar-refractivity contribution >= 4 is 86.8 Å². The largest absolute Gasteiger partial charge is 0.508 e. The van der Waals surface area contributed by atoms with Crippen LogP contribution in [0.25, 0.3) is 0 Å². The highest BCUT2D eigenvalue weighted by Gasteiger charge is 2.40. The minimum absolute atomic E-state index is 0.116. The highest BCUT2D eigenvalue weighted by Crippen LogP contribution is 2.38. The molecule has 1 saturated heterocycles. The lowest BCUT2D eigenvalue weighted by Gasteiger charge is -2.19. The Hall–Kier alpha value is -4.59. The first kappa shape index (κ1) is 35.7. The number of amides is 2. The van der Waals surface area contributed by atoms with Crippen LogP contribution in [0.3, 0.4) is 0 Å². The molecule has 4 aromatic carbocycles. The van der Waals surface area contributed by atoms with E-state index < -0.39 is 24.0 Å². The minimum Gasteiger partial charge on any atom is -0.508 e. The first-order chi connectivity index (χ1) is 23.4. The number of phenols is 1. The number of aromatic hydroxyl groups is 1. The Labute approximate surface area is 301 Å². The van der Waals surface area contributed by atoms with Crippen molar-refractivity contribution in [1.82, 2.24) is 10.9 Å². The van der Waals surface area contributed by atoms with Gasteiger partial charge in [-0.05, 0) is 80.1 Å². The molecule has 0 aliphatic carbocycles. The lowest BCUT2D eigenvalue weighted by Crippen LogP contribution is -2.44. The van der Waals surface area contributed by atoms with E-state index in [4.69, 9.17) is 60.6 Å². The molecule has 5 N–H and O–H groups in total. The van der Waals surface area contributed by atoms with E-state index >= 15 is 0 Å². The molecule has 1 fully saturated rings. The van der Waals surface area contributed by atoms with Crippen LogP contribution in [0.15, 0.2) is 71.7 Å². The number of hydrogen-bond acceptors (Lipinski definition) is 9. The number of anilines is 3. The first-order valence-electron chi connectivity index (χ1n) is 14.5. The normalized spacial score (nSPS) is 15.5. The van der Waals surface area contributed by atoms with Gasteiger partial charge in [0.05, 0.1) is 40.7 Å². The number of carbonyl (C=O) groups is 2. The van der Waals surface area contributed by atoms with E-state index in [1.165, 1.54) is 32.4 Å². The number of carbonyl (C=O) groups excluding carboxylic acids is 2. The fraction of sp³-hybridized carbons (Fsp3) is 0.182. The van der Waals surface area contributed by atoms with E-state index in [9.17, 15) is 14.7 Å². The van der Waals surface area contributed by atoms with Gasteiger partial charge in [0.2, 0.25) is 0 Å². The molecule has 2 atom stereocenters. The molecule has 1 heterocycles. The zero-order chi connectivity index (χ0) is 35.4. The van der Waals surface area contributed by atoms with Crippen molar-refractivity contribution in [3.8, 4) is 23.0 Å². The molecule has 0 spiro atoms. The average Bonchev–Trinajstić information content (AvgIpc) is 3.36. The van der Waals surface area contributed by atoms with Crippen LogP contribution in [-0.4, -0.2) is 49.1 Å². The number of nitrogens with one attached hydrogen (secondary N) is 4. The highest BCUT2D eigenvalue weighted by molar-refractivity contribution is 6.43. The van der Waals surface area contributed by atoms with Crippen LogP contribution in [0, 0.1) is 6.92 Å². The highest BCUT2D eigenvalue weighted by atomic mass is 35.5. The van der Waals surface area contributed by atoms with Crippen molar-refractivity contribution in [2.24, 2.45) is 4.99 Å². The maximum atomic E-state index is 13.9. The number of nitrogens with zero attached hydrogens (tertiary/aromatic N) is 2. The quantitative estimate of drug-likeness (QED) is 0.0998. The van der Waals surface area contributed by atoms with Crippen LogP contribution >= 0.6 is 46.4 Å². The monoisotopic (exact) mass is 746 g/mol. The van der Waals surface area contributed by atoms with Crippen molar-refractivity contribution in [2.45, 2.75) is 26.0 Å². The summed E-state index contributed by atoms with van der Waals surface area (Å²) in [6.45, 7) is 3.31. The van der Waals surface area contributed by atoms with Crippen molar-refractivity contribution in [3.63, 3.8) is 0 Å². The van der Waals surface area contributed by atoms with Gasteiger partial charge in [-0.15, -0.1) is 0 Å². The molecule has 16 heteroatoms. The van der Waals surface area contributed by atoms with Gasteiger partial charge in [-0.3, -0.25) is 15.0 Å². The number of phenolic OH excluding ortho intramolecular Hbond substituents is 1. The fourth-order valence-corrected chi connectivity index (χ4v) is 5.84. The van der Waals surface area contributed by atoms with E-state index in [0.717, 1.165) is 5.01 Å². The first-order valence-corrected chi connectivity index (χ1v) is 16.0. The van der Waals surface area contributed by atoms with Crippen molar-refractivity contribution in [3.05, 3.63) is 92.4 Å². The third kappa shape index (κ3) is 8.18. The van der Waals surface area contributed by atoms with Crippen molar-refractivity contribution in [1.29, 1.82) is 0 Å². The Morgan fingerprint density at radius 2 is 1.61 bits per heavy atom. The van der Waals surface area contributed by atoms with Crippen molar-refractivity contribution < 1.29 is 28.9 Å². The topological polar surface area (TPSA) is 146 Å². The predicted molar refractivity (Wildman–Crippen MR) is 192 cm³/mol. The lowest BCUT2D eigenvalue weighted by atomic mass is 10.2. The lowest BCUT2D eigenvalue weighted by molar-refractivity contribution is -0.122. The fourth-order valence-electron chi connectivity index (χ4n) is 4.69. The van der Waals surface area contributed by atoms with Gasteiger partial charge in [-0.25, -0.2) is 15.4 Å². The number of halogens is 4. The number of ether oxygens (including phenoxy) is 3. The standard InChI is InChI=1S/C33H30Cl4N6O6/c1-16-11-21(7-9-26(16)44)49-17(2)32(45)38-19-5-8-22(35)25(14-19)39-31-29(41-40-20-6-10-27(47-3)28(15-20)48-4)33(46)43(42-31)30-23(36)12-18(34)13-24(30)37/h5-15,17,29,40-41,44H,1-4H3,(H,38,45)(H,39,42). The Morgan fingerprint density at radius 1 is 0.918 bits per heavy atom. The van der Waals surface area contributed by atoms with Gasteiger partial charge in [0, 0.05) is 16.8 Å². The predicted octanol–water partition coefficient (Wildman–Crippen LogP) is 7.30. The van der Waals surface area contributed by atoms with Crippen LogP contribution in [0.1, 0.15) is 12.5 Å². The van der Waals surface area contributed by atoms with Crippen molar-refractivity contribution in [2.75, 3.05) is 30.0 Å². The number of amidine groups is 1. The molecule has 1 aliphatic heterocycles. The smallest absolute Gasteiger partial charge is 0.272 e. The van der Waals surface area contributed by atoms with E-state index in [1.54, 1.807) is 62.4 Å². The van der Waals surface area contributed by atoms with E-state index in [-0.39, 0.29) is 43.1 Å². The summed E-state index contributed by atoms with van der Waals surface area (Å²) < 4.78 is 16.4. The minimum atomic E-state index is -1.12. The van der Waals surface area contributed by atoms with Crippen LogP contribution < -0.4 is 40.8 Å². The van der Waals surface area contributed by atoms with E-state index in [0.29, 0.717) is 34.2 Å². The number of aliphatic imine (C=N–C) groups is 1. The number of rotatable bonds is 11. The number of hydrogen-bond donors (Lipinski definition) is 5. The van der Waals surface area contributed by atoms with Gasteiger partial charge in [0.15, 0.2) is 29.5 Å². The summed E-state index contributed by atoms with van der Waals surface area (Å²) in [6, 6.07) is 16.3. The maximum Gasteiger partial charge on any atom is 0.272 e. The summed E-state index contributed by atoms with van der Waals surface area (Å²) in [5.41, 5.74) is 10.9. The molecule has 0 bridgehead atoms. The zero-order valence-electron chi connectivity index (χ0n) is 26.4. The molecule has 5 rings (SSSR count). The van der Waals surface area contributed by atoms with Crippen LogP contribution in [0.5, 0.6) is 23.0 Å². The second-order valence-electron chi connectivity index (χ2n) is 10.6. The van der Waals surface area contributed by atoms with Gasteiger partial charge < -0.3 is 30.1 Å². The van der Waals surface area contributed by atoms with E-state index in [2.05, 4.69) is 26.6 Å². The molecule has 2 amide bonds. The molecule has 49 heavy (non-hydrogen) atoms. The summed E-state index contributed by atoms with van der Waals surface area (Å²) in [5.74, 6) is 0.671. The van der Waals surface area contributed by atoms with Gasteiger partial charge in [0.25, 0.3) is 11.8 Å². The Balaban J connectivity index is 1.42. The maximum absolute atomic E-state index is 13.9. The third-order valence-corrected chi connectivity index (χ3v) is 8.34. The summed E-state index contributed by atoms with van der Waals surface area (Å²) in [5, 5.41) is 14.5. The Bertz CT molecular complexity index is 1920.